The van der Waals surface area contributed by atoms with Crippen LogP contribution in [0.25, 0.3) is 0 Å². The Hall–Kier alpha value is -1.30. The van der Waals surface area contributed by atoms with Crippen molar-refractivity contribution in [1.82, 2.24) is 5.32 Å². The van der Waals surface area contributed by atoms with Gasteiger partial charge in [0.05, 0.1) is 6.07 Å². The second-order valence-electron chi connectivity index (χ2n) is 2.62. The lowest BCUT2D eigenvalue weighted by Gasteiger charge is -2.11. The quantitative estimate of drug-likeness (QED) is 0.638. The summed E-state index contributed by atoms with van der Waals surface area (Å²) >= 11 is 0. The molecule has 3 nitrogen and oxygen atoms in total. The third-order valence-corrected chi connectivity index (χ3v) is 1.60. The van der Waals surface area contributed by atoms with Gasteiger partial charge >= 0.3 is 0 Å². The molecule has 2 unspecified atom stereocenters. The van der Waals surface area contributed by atoms with Crippen LogP contribution in [-0.4, -0.2) is 11.9 Å². The number of nitrogens with zero attached hydrogens (tertiary/aromatic N) is 1. The molecule has 0 aliphatic carbocycles. The molecule has 0 aromatic heterocycles. The molecule has 0 saturated carbocycles. The van der Waals surface area contributed by atoms with E-state index in [1.165, 1.54) is 0 Å². The van der Waals surface area contributed by atoms with Crippen LogP contribution in [0, 0.1) is 17.2 Å². The highest BCUT2D eigenvalue weighted by Crippen LogP contribution is 2.00. The number of nitrogens with one attached hydrogen (secondary N) is 1. The van der Waals surface area contributed by atoms with Gasteiger partial charge in [0.25, 0.3) is 0 Å². The average Bonchev–Trinajstić information content (AvgIpc) is 2.06. The van der Waals surface area contributed by atoms with Crippen molar-refractivity contribution in [3.05, 3.63) is 12.7 Å². The molecule has 2 atom stereocenters. The summed E-state index contributed by atoms with van der Waals surface area (Å²) in [6.45, 7) is 7.15. The standard InChI is InChI=1S/C9H14N2O/c1-4-7(3)11-9(12)8(5-2)6-10/h4,7-8H,1,5H2,2-3H3,(H,11,12). The van der Waals surface area contributed by atoms with Gasteiger partial charge in [0, 0.05) is 6.04 Å². The fraction of sp³-hybridized carbons (Fsp3) is 0.556. The van der Waals surface area contributed by atoms with Crippen molar-refractivity contribution >= 4 is 5.91 Å². The number of carbonyl (C=O) groups is 1. The molecule has 0 heterocycles. The van der Waals surface area contributed by atoms with Gasteiger partial charge in [0.2, 0.25) is 5.91 Å². The summed E-state index contributed by atoms with van der Waals surface area (Å²) in [5.74, 6) is -0.750. The van der Waals surface area contributed by atoms with E-state index < -0.39 is 5.92 Å². The maximum Gasteiger partial charge on any atom is 0.237 e. The highest BCUT2D eigenvalue weighted by Gasteiger charge is 2.15. The highest BCUT2D eigenvalue weighted by molar-refractivity contribution is 5.81. The number of rotatable bonds is 4. The average molecular weight is 166 g/mol. The van der Waals surface area contributed by atoms with Gasteiger partial charge in [0.15, 0.2) is 0 Å². The van der Waals surface area contributed by atoms with E-state index in [2.05, 4.69) is 11.9 Å². The summed E-state index contributed by atoms with van der Waals surface area (Å²) in [6, 6.07) is 1.87. The van der Waals surface area contributed by atoms with Crippen LogP contribution >= 0.6 is 0 Å². The van der Waals surface area contributed by atoms with E-state index in [-0.39, 0.29) is 11.9 Å². The van der Waals surface area contributed by atoms with Crippen molar-refractivity contribution in [3.63, 3.8) is 0 Å². The van der Waals surface area contributed by atoms with E-state index in [0.717, 1.165) is 0 Å². The van der Waals surface area contributed by atoms with E-state index in [0.29, 0.717) is 6.42 Å². The van der Waals surface area contributed by atoms with E-state index in [1.54, 1.807) is 6.08 Å². The summed E-state index contributed by atoms with van der Waals surface area (Å²) in [6.07, 6.45) is 2.17. The van der Waals surface area contributed by atoms with Crippen LogP contribution in [0.15, 0.2) is 12.7 Å². The summed E-state index contributed by atoms with van der Waals surface area (Å²) in [4.78, 5) is 11.2. The van der Waals surface area contributed by atoms with Crippen LogP contribution in [0.5, 0.6) is 0 Å². The maximum atomic E-state index is 11.2. The Labute approximate surface area is 73.1 Å². The molecular formula is C9H14N2O. The summed E-state index contributed by atoms with van der Waals surface area (Å²) < 4.78 is 0. The minimum absolute atomic E-state index is 0.0695. The first kappa shape index (κ1) is 10.7. The molecule has 0 bridgehead atoms. The highest BCUT2D eigenvalue weighted by atomic mass is 16.1. The Morgan fingerprint density at radius 2 is 2.42 bits per heavy atom. The summed E-state index contributed by atoms with van der Waals surface area (Å²) in [5, 5.41) is 11.2. The van der Waals surface area contributed by atoms with E-state index in [4.69, 9.17) is 5.26 Å². The molecule has 12 heavy (non-hydrogen) atoms. The smallest absolute Gasteiger partial charge is 0.237 e. The summed E-state index contributed by atoms with van der Waals surface area (Å²) in [7, 11) is 0. The molecule has 0 aliphatic rings. The topological polar surface area (TPSA) is 52.9 Å². The number of hydrogen-bond donors (Lipinski definition) is 1. The lowest BCUT2D eigenvalue weighted by atomic mass is 10.1. The Bertz CT molecular complexity index is 205. The van der Waals surface area contributed by atoms with Gasteiger partial charge in [-0.1, -0.05) is 13.0 Å². The van der Waals surface area contributed by atoms with E-state index in [9.17, 15) is 4.79 Å². The largest absolute Gasteiger partial charge is 0.349 e. The molecule has 3 heteroatoms. The third kappa shape index (κ3) is 3.20. The predicted octanol–water partition coefficient (Wildman–Crippen LogP) is 1.23. The van der Waals surface area contributed by atoms with Gasteiger partial charge in [-0.05, 0) is 13.3 Å². The van der Waals surface area contributed by atoms with Crippen LogP contribution in [0.3, 0.4) is 0 Å². The molecule has 1 N–H and O–H groups in total. The van der Waals surface area contributed by atoms with Crippen molar-refractivity contribution in [2.45, 2.75) is 26.3 Å². The van der Waals surface area contributed by atoms with Gasteiger partial charge in [-0.3, -0.25) is 4.79 Å². The number of nitriles is 1. The van der Waals surface area contributed by atoms with Crippen molar-refractivity contribution in [3.8, 4) is 6.07 Å². The molecule has 0 aliphatic heterocycles. The van der Waals surface area contributed by atoms with E-state index >= 15 is 0 Å². The van der Waals surface area contributed by atoms with Crippen molar-refractivity contribution in [2.24, 2.45) is 5.92 Å². The van der Waals surface area contributed by atoms with Crippen LogP contribution in [-0.2, 0) is 4.79 Å². The van der Waals surface area contributed by atoms with Gasteiger partial charge < -0.3 is 5.32 Å². The molecule has 0 aromatic rings. The zero-order chi connectivity index (χ0) is 9.56. The summed E-state index contributed by atoms with van der Waals surface area (Å²) in [5.41, 5.74) is 0. The number of hydrogen-bond acceptors (Lipinski definition) is 2. The van der Waals surface area contributed by atoms with Crippen molar-refractivity contribution < 1.29 is 4.79 Å². The minimum Gasteiger partial charge on any atom is -0.349 e. The number of carbonyl (C=O) groups excluding carboxylic acids is 1. The Morgan fingerprint density at radius 1 is 1.83 bits per heavy atom. The Morgan fingerprint density at radius 3 is 2.75 bits per heavy atom. The van der Waals surface area contributed by atoms with Gasteiger partial charge in [0.1, 0.15) is 5.92 Å². The van der Waals surface area contributed by atoms with Gasteiger partial charge in [-0.15, -0.1) is 6.58 Å². The second-order valence-corrected chi connectivity index (χ2v) is 2.62. The van der Waals surface area contributed by atoms with Crippen LogP contribution < -0.4 is 5.32 Å². The normalized spacial score (nSPS) is 14.1. The van der Waals surface area contributed by atoms with E-state index in [1.807, 2.05) is 19.9 Å². The maximum absolute atomic E-state index is 11.2. The Kier molecular flexibility index (Phi) is 4.78. The molecule has 0 radical (unpaired) electrons. The first-order valence-corrected chi connectivity index (χ1v) is 3.98. The predicted molar refractivity (Wildman–Crippen MR) is 47.2 cm³/mol. The first-order valence-electron chi connectivity index (χ1n) is 3.98. The lowest BCUT2D eigenvalue weighted by Crippen LogP contribution is -2.35. The lowest BCUT2D eigenvalue weighted by molar-refractivity contribution is -0.123. The van der Waals surface area contributed by atoms with Crippen LogP contribution in [0.2, 0.25) is 0 Å². The molecule has 1 amide bonds. The number of amides is 1. The Balaban J connectivity index is 4.03. The fourth-order valence-corrected chi connectivity index (χ4v) is 0.719. The first-order chi connectivity index (χ1) is 5.65. The fourth-order valence-electron chi connectivity index (χ4n) is 0.719. The van der Waals surface area contributed by atoms with Crippen molar-refractivity contribution in [1.29, 1.82) is 5.26 Å². The molecular weight excluding hydrogens is 152 g/mol. The van der Waals surface area contributed by atoms with Crippen LogP contribution in [0.4, 0.5) is 0 Å². The SMILES string of the molecule is C=CC(C)NC(=O)C(C#N)CC. The zero-order valence-electron chi connectivity index (χ0n) is 7.50. The molecule has 66 valence electrons. The molecule has 0 rings (SSSR count). The van der Waals surface area contributed by atoms with Gasteiger partial charge in [-0.2, -0.15) is 5.26 Å². The molecule has 0 saturated heterocycles. The zero-order valence-corrected chi connectivity index (χ0v) is 7.50. The molecule has 0 aromatic carbocycles. The monoisotopic (exact) mass is 166 g/mol. The molecule has 0 fully saturated rings. The minimum atomic E-state index is -0.535. The second kappa shape index (κ2) is 5.36. The van der Waals surface area contributed by atoms with Gasteiger partial charge in [-0.25, -0.2) is 0 Å². The van der Waals surface area contributed by atoms with Crippen LogP contribution in [0.1, 0.15) is 20.3 Å². The van der Waals surface area contributed by atoms with Crippen molar-refractivity contribution in [2.75, 3.05) is 0 Å². The third-order valence-electron chi connectivity index (χ3n) is 1.60. The molecule has 0 spiro atoms.